The van der Waals surface area contributed by atoms with Gasteiger partial charge in [0.25, 0.3) is 0 Å². The lowest BCUT2D eigenvalue weighted by atomic mass is 10.2. The molecule has 1 atom stereocenters. The first-order chi connectivity index (χ1) is 13.9. The molecular formula is C21H23N3O4S. The van der Waals surface area contributed by atoms with Gasteiger partial charge in [-0.15, -0.1) is 5.10 Å². The van der Waals surface area contributed by atoms with Crippen LogP contribution in [0.4, 0.5) is 0 Å². The van der Waals surface area contributed by atoms with Crippen molar-refractivity contribution in [3.05, 3.63) is 59.7 Å². The van der Waals surface area contributed by atoms with E-state index in [1.54, 1.807) is 0 Å². The van der Waals surface area contributed by atoms with Crippen LogP contribution in [0.1, 0.15) is 30.3 Å². The van der Waals surface area contributed by atoms with Crippen molar-refractivity contribution < 1.29 is 19.1 Å². The summed E-state index contributed by atoms with van der Waals surface area (Å²) in [5.41, 5.74) is 2.03. The van der Waals surface area contributed by atoms with Crippen molar-refractivity contribution in [1.29, 1.82) is 0 Å². The van der Waals surface area contributed by atoms with E-state index in [2.05, 4.69) is 10.4 Å². The van der Waals surface area contributed by atoms with Crippen LogP contribution in [-0.2, 0) is 9.59 Å². The largest absolute Gasteiger partial charge is 0.490 e. The molecule has 0 unspecified atom stereocenters. The maximum Gasteiger partial charge on any atom is 0.241 e. The molecular weight excluding hydrogens is 390 g/mol. The van der Waals surface area contributed by atoms with Crippen molar-refractivity contribution in [2.24, 2.45) is 5.10 Å². The number of hydrazone groups is 1. The van der Waals surface area contributed by atoms with Gasteiger partial charge in [-0.1, -0.05) is 41.6 Å². The highest BCUT2D eigenvalue weighted by Gasteiger charge is 2.32. The van der Waals surface area contributed by atoms with Gasteiger partial charge in [0.2, 0.25) is 11.8 Å². The van der Waals surface area contributed by atoms with Gasteiger partial charge >= 0.3 is 0 Å². The predicted molar refractivity (Wildman–Crippen MR) is 113 cm³/mol. The van der Waals surface area contributed by atoms with Crippen LogP contribution in [-0.4, -0.2) is 35.2 Å². The molecule has 8 heteroatoms. The molecule has 0 saturated heterocycles. The van der Waals surface area contributed by atoms with Crippen molar-refractivity contribution in [2.75, 3.05) is 13.2 Å². The van der Waals surface area contributed by atoms with Crippen molar-refractivity contribution >= 4 is 28.7 Å². The van der Waals surface area contributed by atoms with E-state index in [9.17, 15) is 9.59 Å². The zero-order chi connectivity index (χ0) is 20.8. The zero-order valence-corrected chi connectivity index (χ0v) is 17.4. The van der Waals surface area contributed by atoms with Crippen LogP contribution in [0.2, 0.25) is 0 Å². The third-order valence-electron chi connectivity index (χ3n) is 4.03. The predicted octanol–water partition coefficient (Wildman–Crippen LogP) is 3.45. The highest BCUT2D eigenvalue weighted by atomic mass is 32.2. The Hall–Kier alpha value is -3.00. The van der Waals surface area contributed by atoms with E-state index in [4.69, 9.17) is 9.47 Å². The normalized spacial score (nSPS) is 15.6. The minimum absolute atomic E-state index is 0.208. The van der Waals surface area contributed by atoms with Crippen LogP contribution in [0.15, 0.2) is 53.6 Å². The van der Waals surface area contributed by atoms with E-state index in [-0.39, 0.29) is 17.2 Å². The zero-order valence-electron chi connectivity index (χ0n) is 16.5. The second-order valence-corrected chi connectivity index (χ2v) is 7.57. The maximum atomic E-state index is 12.0. The number of amides is 2. The number of carbonyl (C=O) groups excluding carboxylic acids is 2. The van der Waals surface area contributed by atoms with Crippen molar-refractivity contribution in [1.82, 2.24) is 10.3 Å². The number of benzene rings is 2. The number of rotatable bonds is 6. The molecule has 1 heterocycles. The summed E-state index contributed by atoms with van der Waals surface area (Å²) in [6.45, 7) is 5.68. The molecule has 29 heavy (non-hydrogen) atoms. The average Bonchev–Trinajstić information content (AvgIpc) is 3.10. The molecule has 0 radical (unpaired) electrons. The summed E-state index contributed by atoms with van der Waals surface area (Å²) in [5, 5.41) is 8.23. The van der Waals surface area contributed by atoms with Crippen LogP contribution in [0.5, 0.6) is 11.5 Å². The topological polar surface area (TPSA) is 80.2 Å². The van der Waals surface area contributed by atoms with Gasteiger partial charge in [-0.05, 0) is 36.8 Å². The lowest BCUT2D eigenvalue weighted by Gasteiger charge is -2.19. The second kappa shape index (κ2) is 9.47. The monoisotopic (exact) mass is 413 g/mol. The third-order valence-corrected chi connectivity index (χ3v) is 5.14. The van der Waals surface area contributed by atoms with E-state index in [0.717, 1.165) is 11.3 Å². The summed E-state index contributed by atoms with van der Waals surface area (Å²) in [4.78, 5) is 23.3. The second-order valence-electron chi connectivity index (χ2n) is 6.50. The smallest absolute Gasteiger partial charge is 0.241 e. The third kappa shape index (κ3) is 5.74. The standard InChI is InChI=1S/C21H23N3O4S/c1-14-7-9-18(10-8-14)27-11-12-28-19-6-4-5-17(13-19)20-24(16(3)26)23-21(29-20)22-15(2)25/h4-10,13,20H,11-12H2,1-3H3,(H,22,23,25)/t20-/m0/s1. The van der Waals surface area contributed by atoms with Gasteiger partial charge in [0.15, 0.2) is 5.17 Å². The van der Waals surface area contributed by atoms with E-state index in [1.165, 1.54) is 36.2 Å². The molecule has 0 spiro atoms. The molecule has 1 aliphatic rings. The van der Waals surface area contributed by atoms with Crippen molar-refractivity contribution in [3.63, 3.8) is 0 Å². The number of amidine groups is 1. The van der Waals surface area contributed by atoms with Crippen molar-refractivity contribution in [2.45, 2.75) is 26.1 Å². The molecule has 7 nitrogen and oxygen atoms in total. The van der Waals surface area contributed by atoms with Crippen LogP contribution in [0.25, 0.3) is 0 Å². The summed E-state index contributed by atoms with van der Waals surface area (Å²) >= 11 is 1.31. The van der Waals surface area contributed by atoms with Crippen LogP contribution < -0.4 is 14.8 Å². The fourth-order valence-corrected chi connectivity index (χ4v) is 3.82. The molecule has 0 bridgehead atoms. The fraction of sp³-hybridized carbons (Fsp3) is 0.286. The van der Waals surface area contributed by atoms with Crippen LogP contribution in [0, 0.1) is 6.92 Å². The summed E-state index contributed by atoms with van der Waals surface area (Å²) in [7, 11) is 0. The van der Waals surface area contributed by atoms with E-state index in [0.29, 0.717) is 24.1 Å². The minimum Gasteiger partial charge on any atom is -0.490 e. The Balaban J connectivity index is 1.59. The Kier molecular flexibility index (Phi) is 6.77. The minimum atomic E-state index is -0.360. The first-order valence-corrected chi connectivity index (χ1v) is 10.1. The lowest BCUT2D eigenvalue weighted by Crippen LogP contribution is -2.25. The first kappa shape index (κ1) is 20.7. The number of carbonyl (C=O) groups is 2. The lowest BCUT2D eigenvalue weighted by molar-refractivity contribution is -0.129. The van der Waals surface area contributed by atoms with Crippen LogP contribution >= 0.6 is 11.8 Å². The molecule has 1 N–H and O–H groups in total. The number of aryl methyl sites for hydroxylation is 1. The summed E-state index contributed by atoms with van der Waals surface area (Å²) in [6, 6.07) is 15.3. The summed E-state index contributed by atoms with van der Waals surface area (Å²) < 4.78 is 11.5. The molecule has 0 saturated carbocycles. The molecule has 0 aliphatic carbocycles. The molecule has 0 fully saturated rings. The number of hydrogen-bond acceptors (Lipinski definition) is 6. The Morgan fingerprint density at radius 2 is 1.76 bits per heavy atom. The van der Waals surface area contributed by atoms with Gasteiger partial charge in [-0.3, -0.25) is 9.59 Å². The molecule has 0 aromatic heterocycles. The van der Waals surface area contributed by atoms with E-state index >= 15 is 0 Å². The van der Waals surface area contributed by atoms with E-state index < -0.39 is 0 Å². The van der Waals surface area contributed by atoms with Gasteiger partial charge in [0.05, 0.1) is 0 Å². The SMILES string of the molecule is CC(=O)NC1=NN(C(C)=O)[C@H](c2cccc(OCCOc3ccc(C)cc3)c2)S1. The Morgan fingerprint density at radius 1 is 1.07 bits per heavy atom. The van der Waals surface area contributed by atoms with Gasteiger partial charge in [-0.25, -0.2) is 5.01 Å². The molecule has 3 rings (SSSR count). The van der Waals surface area contributed by atoms with Gasteiger partial charge in [-0.2, -0.15) is 0 Å². The highest BCUT2D eigenvalue weighted by molar-refractivity contribution is 8.14. The molecule has 2 amide bonds. The molecule has 2 aromatic rings. The molecule has 1 aliphatic heterocycles. The fourth-order valence-electron chi connectivity index (χ4n) is 2.69. The molecule has 152 valence electrons. The quantitative estimate of drug-likeness (QED) is 0.734. The van der Waals surface area contributed by atoms with Gasteiger partial charge < -0.3 is 14.8 Å². The number of hydrogen-bond donors (Lipinski definition) is 1. The first-order valence-electron chi connectivity index (χ1n) is 9.17. The van der Waals surface area contributed by atoms with Crippen LogP contribution in [0.3, 0.4) is 0 Å². The number of nitrogens with zero attached hydrogens (tertiary/aromatic N) is 2. The van der Waals surface area contributed by atoms with Gasteiger partial charge in [0, 0.05) is 13.8 Å². The Labute approximate surface area is 174 Å². The summed E-state index contributed by atoms with van der Waals surface area (Å²) in [5.74, 6) is 1.04. The van der Waals surface area contributed by atoms with Crippen molar-refractivity contribution in [3.8, 4) is 11.5 Å². The highest BCUT2D eigenvalue weighted by Crippen LogP contribution is 2.39. The Morgan fingerprint density at radius 3 is 2.41 bits per heavy atom. The summed E-state index contributed by atoms with van der Waals surface area (Å²) in [6.07, 6.45) is 0. The Bertz CT molecular complexity index is 914. The van der Waals surface area contributed by atoms with Gasteiger partial charge in [0.1, 0.15) is 30.1 Å². The number of ether oxygens (including phenoxy) is 2. The number of nitrogens with one attached hydrogen (secondary N) is 1. The van der Waals surface area contributed by atoms with E-state index in [1.807, 2.05) is 55.5 Å². The number of thioether (sulfide) groups is 1. The maximum absolute atomic E-state index is 12.0. The average molecular weight is 413 g/mol. The molecule has 2 aromatic carbocycles.